The van der Waals surface area contributed by atoms with Crippen LogP contribution < -0.4 is 4.90 Å². The van der Waals surface area contributed by atoms with Gasteiger partial charge < -0.3 is 5.11 Å². The molecule has 0 saturated carbocycles. The number of amides is 2. The second kappa shape index (κ2) is 6.41. The minimum atomic E-state index is -0.416. The highest BCUT2D eigenvalue weighted by Gasteiger charge is 2.37. The number of aromatic hydroxyl groups is 1. The predicted octanol–water partition coefficient (Wildman–Crippen LogP) is 5.35. The first kappa shape index (κ1) is 17.7. The molecule has 148 valence electrons. The third-order valence-corrected chi connectivity index (χ3v) is 6.19. The normalized spacial score (nSPS) is 14.5. The molecule has 0 spiro atoms. The summed E-state index contributed by atoms with van der Waals surface area (Å²) in [5, 5.41) is 9.69. The summed E-state index contributed by atoms with van der Waals surface area (Å²) in [5.41, 5.74) is 7.17. The largest absolute Gasteiger partial charge is 0.508 e. The van der Waals surface area contributed by atoms with Gasteiger partial charge in [-0.05, 0) is 58.1 Å². The van der Waals surface area contributed by atoms with E-state index in [0.717, 1.165) is 5.56 Å². The number of hydrogen-bond acceptors (Lipinski definition) is 3. The van der Waals surface area contributed by atoms with Gasteiger partial charge in [-0.25, -0.2) is 4.90 Å². The smallest absolute Gasteiger partial charge is 0.266 e. The average Bonchev–Trinajstić information content (AvgIpc) is 3.26. The molecule has 0 fully saturated rings. The molecule has 4 aromatic rings. The standard InChI is InChI=1S/C27H17NO3/c29-18-13-14-23-24(15-18)27(31)28(26(23)30)17-11-9-16(10-12-17)25-21-7-3-1-5-19(21)20-6-2-4-8-22(20)25/h1-15,25,29H. The minimum Gasteiger partial charge on any atom is -0.508 e. The highest BCUT2D eigenvalue weighted by atomic mass is 16.3. The van der Waals surface area contributed by atoms with Crippen LogP contribution in [0.15, 0.2) is 91.0 Å². The maximum absolute atomic E-state index is 12.8. The fourth-order valence-electron chi connectivity index (χ4n) is 4.79. The van der Waals surface area contributed by atoms with Gasteiger partial charge in [0, 0.05) is 5.92 Å². The second-order valence-corrected chi connectivity index (χ2v) is 7.87. The zero-order valence-electron chi connectivity index (χ0n) is 16.4. The molecule has 0 radical (unpaired) electrons. The van der Waals surface area contributed by atoms with E-state index in [1.807, 2.05) is 24.3 Å². The van der Waals surface area contributed by atoms with Crippen molar-refractivity contribution in [3.8, 4) is 16.9 Å². The van der Waals surface area contributed by atoms with E-state index in [0.29, 0.717) is 11.3 Å². The fraction of sp³-hybridized carbons (Fsp3) is 0.0370. The van der Waals surface area contributed by atoms with Crippen molar-refractivity contribution in [1.29, 1.82) is 0 Å². The lowest BCUT2D eigenvalue weighted by atomic mass is 9.89. The molecular formula is C27H17NO3. The Morgan fingerprint density at radius 3 is 1.84 bits per heavy atom. The van der Waals surface area contributed by atoms with Gasteiger partial charge >= 0.3 is 0 Å². The summed E-state index contributed by atoms with van der Waals surface area (Å²) in [6, 6.07) is 28.7. The van der Waals surface area contributed by atoms with E-state index in [1.54, 1.807) is 0 Å². The second-order valence-electron chi connectivity index (χ2n) is 7.87. The quantitative estimate of drug-likeness (QED) is 0.404. The molecule has 0 saturated heterocycles. The molecule has 0 aromatic heterocycles. The molecule has 1 aliphatic carbocycles. The van der Waals surface area contributed by atoms with Crippen molar-refractivity contribution < 1.29 is 14.7 Å². The van der Waals surface area contributed by atoms with Crippen LogP contribution in [-0.4, -0.2) is 16.9 Å². The Balaban J connectivity index is 1.40. The molecule has 1 N–H and O–H groups in total. The monoisotopic (exact) mass is 403 g/mol. The number of phenols is 1. The van der Waals surface area contributed by atoms with Crippen LogP contribution in [0.1, 0.15) is 43.3 Å². The van der Waals surface area contributed by atoms with Crippen molar-refractivity contribution in [1.82, 2.24) is 0 Å². The SMILES string of the molecule is O=C1c2ccc(O)cc2C(=O)N1c1ccc(C2c3ccccc3-c3ccccc32)cc1. The van der Waals surface area contributed by atoms with E-state index < -0.39 is 5.91 Å². The third-order valence-electron chi connectivity index (χ3n) is 6.19. The lowest BCUT2D eigenvalue weighted by molar-refractivity contribution is 0.0926. The van der Waals surface area contributed by atoms with Crippen LogP contribution in [0.2, 0.25) is 0 Å². The van der Waals surface area contributed by atoms with Crippen molar-refractivity contribution >= 4 is 17.5 Å². The molecule has 4 heteroatoms. The molecule has 0 unspecified atom stereocenters. The van der Waals surface area contributed by atoms with Gasteiger partial charge in [0.1, 0.15) is 5.75 Å². The maximum atomic E-state index is 12.8. The molecule has 2 amide bonds. The number of imide groups is 1. The number of carbonyl (C=O) groups excluding carboxylic acids is 2. The Morgan fingerprint density at radius 1 is 0.613 bits per heavy atom. The number of fused-ring (bicyclic) bond motifs is 4. The summed E-state index contributed by atoms with van der Waals surface area (Å²) in [5.74, 6) is -0.708. The van der Waals surface area contributed by atoms with Gasteiger partial charge in [-0.2, -0.15) is 0 Å². The molecule has 4 aromatic carbocycles. The first-order valence-corrected chi connectivity index (χ1v) is 10.1. The summed E-state index contributed by atoms with van der Waals surface area (Å²) in [7, 11) is 0. The van der Waals surface area contributed by atoms with E-state index in [-0.39, 0.29) is 23.1 Å². The van der Waals surface area contributed by atoms with Crippen LogP contribution in [0.25, 0.3) is 11.1 Å². The number of benzene rings is 4. The number of phenolic OH excluding ortho intramolecular Hbond substituents is 1. The Bertz CT molecular complexity index is 1340. The van der Waals surface area contributed by atoms with Crippen molar-refractivity contribution in [2.75, 3.05) is 4.90 Å². The number of nitrogens with zero attached hydrogens (tertiary/aromatic N) is 1. The van der Waals surface area contributed by atoms with Gasteiger partial charge in [0.2, 0.25) is 0 Å². The molecule has 0 bridgehead atoms. The van der Waals surface area contributed by atoms with Crippen LogP contribution in [-0.2, 0) is 0 Å². The molecule has 31 heavy (non-hydrogen) atoms. The Morgan fingerprint density at radius 2 is 1.19 bits per heavy atom. The maximum Gasteiger partial charge on any atom is 0.266 e. The summed E-state index contributed by atoms with van der Waals surface area (Å²) in [4.78, 5) is 26.8. The lowest BCUT2D eigenvalue weighted by Crippen LogP contribution is -2.29. The van der Waals surface area contributed by atoms with Crippen molar-refractivity contribution in [3.63, 3.8) is 0 Å². The Kier molecular flexibility index (Phi) is 3.65. The first-order chi connectivity index (χ1) is 15.1. The number of carbonyl (C=O) groups is 2. The van der Waals surface area contributed by atoms with Gasteiger partial charge in [-0.1, -0.05) is 60.7 Å². The van der Waals surface area contributed by atoms with E-state index in [1.165, 1.54) is 45.4 Å². The van der Waals surface area contributed by atoms with Gasteiger partial charge in [0.25, 0.3) is 11.8 Å². The number of anilines is 1. The summed E-state index contributed by atoms with van der Waals surface area (Å²) < 4.78 is 0. The summed E-state index contributed by atoms with van der Waals surface area (Å²) in [6.45, 7) is 0. The summed E-state index contributed by atoms with van der Waals surface area (Å²) >= 11 is 0. The molecule has 1 aliphatic heterocycles. The zero-order valence-corrected chi connectivity index (χ0v) is 16.4. The van der Waals surface area contributed by atoms with E-state index in [4.69, 9.17) is 0 Å². The van der Waals surface area contributed by atoms with Gasteiger partial charge in [0.05, 0.1) is 16.8 Å². The average molecular weight is 403 g/mol. The highest BCUT2D eigenvalue weighted by molar-refractivity contribution is 6.34. The first-order valence-electron chi connectivity index (χ1n) is 10.1. The van der Waals surface area contributed by atoms with Crippen LogP contribution in [0.3, 0.4) is 0 Å². The molecule has 1 heterocycles. The van der Waals surface area contributed by atoms with E-state index in [9.17, 15) is 14.7 Å². The number of hydrogen-bond donors (Lipinski definition) is 1. The van der Waals surface area contributed by atoms with Crippen molar-refractivity contribution in [3.05, 3.63) is 119 Å². The van der Waals surface area contributed by atoms with Crippen LogP contribution in [0, 0.1) is 0 Å². The fourth-order valence-corrected chi connectivity index (χ4v) is 4.79. The predicted molar refractivity (Wildman–Crippen MR) is 119 cm³/mol. The highest BCUT2D eigenvalue weighted by Crippen LogP contribution is 2.48. The van der Waals surface area contributed by atoms with Crippen molar-refractivity contribution in [2.24, 2.45) is 0 Å². The van der Waals surface area contributed by atoms with Crippen LogP contribution >= 0.6 is 0 Å². The van der Waals surface area contributed by atoms with E-state index >= 15 is 0 Å². The Labute approximate surface area is 179 Å². The van der Waals surface area contributed by atoms with Crippen LogP contribution in [0.4, 0.5) is 5.69 Å². The third kappa shape index (κ3) is 2.48. The molecule has 0 atom stereocenters. The van der Waals surface area contributed by atoms with E-state index in [2.05, 4.69) is 48.5 Å². The topological polar surface area (TPSA) is 57.6 Å². The van der Waals surface area contributed by atoms with Crippen LogP contribution in [0.5, 0.6) is 5.75 Å². The van der Waals surface area contributed by atoms with Crippen molar-refractivity contribution in [2.45, 2.75) is 5.92 Å². The lowest BCUT2D eigenvalue weighted by Gasteiger charge is -2.18. The Hall–Kier alpha value is -4.18. The molecule has 2 aliphatic rings. The summed E-state index contributed by atoms with van der Waals surface area (Å²) in [6.07, 6.45) is 0. The van der Waals surface area contributed by atoms with Gasteiger partial charge in [-0.15, -0.1) is 0 Å². The molecular weight excluding hydrogens is 386 g/mol. The van der Waals surface area contributed by atoms with Gasteiger partial charge in [-0.3, -0.25) is 9.59 Å². The molecule has 6 rings (SSSR count). The van der Waals surface area contributed by atoms with Gasteiger partial charge in [0.15, 0.2) is 0 Å². The zero-order chi connectivity index (χ0) is 21.1. The molecule has 4 nitrogen and oxygen atoms in total. The number of rotatable bonds is 2. The minimum absolute atomic E-state index is 0.0318.